The van der Waals surface area contributed by atoms with E-state index in [1.807, 2.05) is 0 Å². The number of nitrogens with zero attached hydrogens (tertiary/aromatic N) is 2. The molecule has 4 heterocycles. The number of amides is 2. The molecule has 10 nitrogen and oxygen atoms in total. The average molecular weight is 581 g/mol. The van der Waals surface area contributed by atoms with Crippen molar-refractivity contribution in [2.75, 3.05) is 13.1 Å². The minimum absolute atomic E-state index is 0.121. The molecule has 4 aromatic heterocycles. The molecule has 190 valence electrons. The summed E-state index contributed by atoms with van der Waals surface area (Å²) < 4.78 is 4.19. The second-order valence-electron chi connectivity index (χ2n) is 8.22. The van der Waals surface area contributed by atoms with Gasteiger partial charge in [-0.15, -0.1) is 0 Å². The molecule has 0 atom stereocenters. The maximum absolute atomic E-state index is 12.9. The third-order valence-corrected chi connectivity index (χ3v) is 8.72. The monoisotopic (exact) mass is 580 g/mol. The van der Waals surface area contributed by atoms with E-state index in [9.17, 15) is 19.2 Å². The molecule has 0 aliphatic rings. The Balaban J connectivity index is 1.20. The Labute approximate surface area is 230 Å². The van der Waals surface area contributed by atoms with Crippen molar-refractivity contribution in [1.82, 2.24) is 29.4 Å². The molecule has 6 rings (SSSR count). The fraction of sp³-hybridized carbons (Fsp3) is 0.0833. The van der Waals surface area contributed by atoms with Gasteiger partial charge in [0, 0.05) is 13.1 Å². The van der Waals surface area contributed by atoms with E-state index in [1.54, 1.807) is 57.3 Å². The first-order chi connectivity index (χ1) is 18.3. The summed E-state index contributed by atoms with van der Waals surface area (Å²) in [5.74, 6) is -0.853. The predicted octanol–water partition coefficient (Wildman–Crippen LogP) is 3.62. The number of benzene rings is 2. The number of nitrogens with one attached hydrogen (secondary N) is 4. The minimum atomic E-state index is -0.426. The summed E-state index contributed by atoms with van der Waals surface area (Å²) in [7, 11) is 0. The van der Waals surface area contributed by atoms with Gasteiger partial charge in [-0.3, -0.25) is 28.0 Å². The Bertz CT molecular complexity index is 2030. The lowest BCUT2D eigenvalue weighted by molar-refractivity contribution is 0.0932. The third kappa shape index (κ3) is 3.89. The highest BCUT2D eigenvalue weighted by molar-refractivity contribution is 7.73. The second kappa shape index (κ2) is 9.40. The number of aromatic nitrogens is 4. The summed E-state index contributed by atoms with van der Waals surface area (Å²) in [5, 5.41) is 6.44. The number of fused-ring (bicyclic) bond motifs is 6. The van der Waals surface area contributed by atoms with E-state index in [0.717, 1.165) is 22.7 Å². The molecule has 0 fully saturated rings. The Morgan fingerprint density at radius 2 is 1.11 bits per heavy atom. The van der Waals surface area contributed by atoms with Crippen LogP contribution in [0.25, 0.3) is 33.1 Å². The Kier molecular flexibility index (Phi) is 6.03. The fourth-order valence-electron chi connectivity index (χ4n) is 4.30. The van der Waals surface area contributed by atoms with Crippen molar-refractivity contribution >= 4 is 92.0 Å². The standard InChI is InChI=1S/C24H16N6O4S4/c31-19-11-5-1-3-7-13(11)29-17(27-19)15(37-23(29)35)21(33)25-9-10-26-22(34)16-18-28-20(32)12-6-2-4-8-14(12)30(18)24(36)38-16/h1-8H,9-10H2,(H,25,33)(H,26,34)(H,27,31)(H,28,32). The smallest absolute Gasteiger partial charge is 0.265 e. The van der Waals surface area contributed by atoms with Crippen LogP contribution in [0.15, 0.2) is 58.1 Å². The zero-order valence-electron chi connectivity index (χ0n) is 19.2. The van der Waals surface area contributed by atoms with Gasteiger partial charge in [0.2, 0.25) is 0 Å². The predicted molar refractivity (Wildman–Crippen MR) is 153 cm³/mol. The quantitative estimate of drug-likeness (QED) is 0.182. The molecule has 0 bridgehead atoms. The van der Waals surface area contributed by atoms with Gasteiger partial charge in [0.05, 0.1) is 21.8 Å². The third-order valence-electron chi connectivity index (χ3n) is 5.97. The van der Waals surface area contributed by atoms with Crippen LogP contribution in [0.5, 0.6) is 0 Å². The minimum Gasteiger partial charge on any atom is -0.349 e. The van der Waals surface area contributed by atoms with Crippen molar-refractivity contribution < 1.29 is 9.59 Å². The zero-order valence-corrected chi connectivity index (χ0v) is 22.5. The summed E-state index contributed by atoms with van der Waals surface area (Å²) in [4.78, 5) is 56.9. The first kappa shape index (κ1) is 24.4. The maximum atomic E-state index is 12.9. The van der Waals surface area contributed by atoms with Gasteiger partial charge in [0.15, 0.2) is 7.91 Å². The summed E-state index contributed by atoms with van der Waals surface area (Å²) >= 11 is 13.1. The largest absolute Gasteiger partial charge is 0.349 e. The zero-order chi connectivity index (χ0) is 26.6. The van der Waals surface area contributed by atoms with Crippen molar-refractivity contribution in [1.29, 1.82) is 0 Å². The Morgan fingerprint density at radius 3 is 1.53 bits per heavy atom. The number of rotatable bonds is 5. The van der Waals surface area contributed by atoms with Crippen molar-refractivity contribution in [3.05, 3.63) is 86.9 Å². The van der Waals surface area contributed by atoms with Crippen LogP contribution in [0.1, 0.15) is 19.3 Å². The highest BCUT2D eigenvalue weighted by Crippen LogP contribution is 2.23. The molecule has 0 spiro atoms. The molecule has 0 saturated heterocycles. The first-order valence-corrected chi connectivity index (χ1v) is 13.7. The van der Waals surface area contributed by atoms with Crippen LogP contribution in [0.3, 0.4) is 0 Å². The molecular formula is C24H16N6O4S4. The van der Waals surface area contributed by atoms with Gasteiger partial charge in [0.1, 0.15) is 21.0 Å². The molecule has 2 aromatic carbocycles. The van der Waals surface area contributed by atoms with Crippen molar-refractivity contribution in [3.63, 3.8) is 0 Å². The SMILES string of the molecule is O=C(NCCNC(=O)c1sc(=S)n2c1[nH]c(=O)c1ccccc12)c1sc(=S)n2c1[nH]c(=O)c1ccccc12. The van der Waals surface area contributed by atoms with E-state index in [4.69, 9.17) is 24.4 Å². The lowest BCUT2D eigenvalue weighted by Gasteiger charge is -2.07. The average Bonchev–Trinajstić information content (AvgIpc) is 3.43. The fourth-order valence-corrected chi connectivity index (χ4v) is 6.90. The number of hydrogen-bond donors (Lipinski definition) is 4. The summed E-state index contributed by atoms with van der Waals surface area (Å²) in [6, 6.07) is 14.0. The molecule has 4 N–H and O–H groups in total. The van der Waals surface area contributed by atoms with Crippen LogP contribution >= 0.6 is 47.1 Å². The molecular weight excluding hydrogens is 565 g/mol. The Hall–Kier alpha value is -3.98. The number of para-hydroxylation sites is 2. The van der Waals surface area contributed by atoms with Crippen molar-refractivity contribution in [2.45, 2.75) is 0 Å². The van der Waals surface area contributed by atoms with Gasteiger partial charge in [0.25, 0.3) is 22.9 Å². The summed E-state index contributed by atoms with van der Waals surface area (Å²) in [6.07, 6.45) is 0. The molecule has 0 aliphatic carbocycles. The van der Waals surface area contributed by atoms with Crippen LogP contribution in [-0.2, 0) is 0 Å². The molecule has 0 radical (unpaired) electrons. The van der Waals surface area contributed by atoms with Crippen molar-refractivity contribution in [2.24, 2.45) is 0 Å². The van der Waals surface area contributed by atoms with Crippen LogP contribution in [-0.4, -0.2) is 43.7 Å². The summed E-state index contributed by atoms with van der Waals surface area (Å²) in [5.41, 5.74) is 1.24. The highest BCUT2D eigenvalue weighted by atomic mass is 32.2. The maximum Gasteiger partial charge on any atom is 0.265 e. The van der Waals surface area contributed by atoms with E-state index in [0.29, 0.717) is 41.0 Å². The summed E-state index contributed by atoms with van der Waals surface area (Å²) in [6.45, 7) is 0.242. The molecule has 0 saturated carbocycles. The van der Waals surface area contributed by atoms with Crippen LogP contribution < -0.4 is 21.8 Å². The molecule has 38 heavy (non-hydrogen) atoms. The van der Waals surface area contributed by atoms with Crippen LogP contribution in [0, 0.1) is 7.91 Å². The number of hydrogen-bond acceptors (Lipinski definition) is 8. The number of H-pyrrole nitrogens is 2. The van der Waals surface area contributed by atoms with Crippen LogP contribution in [0.4, 0.5) is 0 Å². The van der Waals surface area contributed by atoms with E-state index in [-0.39, 0.29) is 34.0 Å². The van der Waals surface area contributed by atoms with Gasteiger partial charge < -0.3 is 20.6 Å². The van der Waals surface area contributed by atoms with Gasteiger partial charge >= 0.3 is 0 Å². The van der Waals surface area contributed by atoms with E-state index in [1.165, 1.54) is 0 Å². The van der Waals surface area contributed by atoms with Gasteiger partial charge in [-0.2, -0.15) is 0 Å². The second-order valence-corrected chi connectivity index (χ2v) is 11.5. The molecule has 6 aromatic rings. The number of thiazole rings is 2. The molecule has 2 amide bonds. The lowest BCUT2D eigenvalue weighted by Crippen LogP contribution is -2.34. The molecule has 0 aliphatic heterocycles. The van der Waals surface area contributed by atoms with Crippen molar-refractivity contribution in [3.8, 4) is 0 Å². The van der Waals surface area contributed by atoms with Gasteiger partial charge in [-0.1, -0.05) is 46.9 Å². The van der Waals surface area contributed by atoms with Crippen LogP contribution in [0.2, 0.25) is 0 Å². The number of aromatic amines is 2. The molecule has 0 unspecified atom stereocenters. The Morgan fingerprint density at radius 1 is 0.711 bits per heavy atom. The number of carbonyl (C=O) groups excluding carboxylic acids is 2. The first-order valence-electron chi connectivity index (χ1n) is 11.2. The lowest BCUT2D eigenvalue weighted by atomic mass is 10.2. The normalized spacial score (nSPS) is 11.5. The highest BCUT2D eigenvalue weighted by Gasteiger charge is 2.19. The van der Waals surface area contributed by atoms with Gasteiger partial charge in [-0.05, 0) is 48.7 Å². The van der Waals surface area contributed by atoms with E-state index < -0.39 is 11.8 Å². The van der Waals surface area contributed by atoms with E-state index >= 15 is 0 Å². The van der Waals surface area contributed by atoms with E-state index in [2.05, 4.69) is 20.6 Å². The molecule has 14 heteroatoms. The topological polar surface area (TPSA) is 133 Å². The van der Waals surface area contributed by atoms with Gasteiger partial charge in [-0.25, -0.2) is 0 Å². The number of carbonyl (C=O) groups is 2.